The van der Waals surface area contributed by atoms with Crippen molar-refractivity contribution in [2.24, 2.45) is 0 Å². The van der Waals surface area contributed by atoms with E-state index in [4.69, 9.17) is 0 Å². The Kier molecular flexibility index (Phi) is 3.25. The van der Waals surface area contributed by atoms with Crippen molar-refractivity contribution in [3.8, 4) is 0 Å². The van der Waals surface area contributed by atoms with Crippen molar-refractivity contribution in [2.45, 2.75) is 32.4 Å². The first-order valence-electron chi connectivity index (χ1n) is 3.51. The molecule has 0 aliphatic rings. The van der Waals surface area contributed by atoms with Crippen LogP contribution in [0.25, 0.3) is 0 Å². The van der Waals surface area contributed by atoms with Crippen LogP contribution in [0, 0.1) is 0 Å². The highest BCUT2D eigenvalue weighted by atomic mass is 31.2. The van der Waals surface area contributed by atoms with Gasteiger partial charge in [-0.2, -0.15) is 0 Å². The molecule has 4 heteroatoms. The summed E-state index contributed by atoms with van der Waals surface area (Å²) in [6.45, 7) is 6.64. The number of hydrogen-bond acceptors (Lipinski definition) is 1. The van der Waals surface area contributed by atoms with Gasteiger partial charge >= 0.3 is 0 Å². The molecule has 0 bridgehead atoms. The lowest BCUT2D eigenvalue weighted by atomic mass is 10.3. The smallest absolute Gasteiger partial charge is 0.245 e. The minimum absolute atomic E-state index is 0.462. The normalized spacial score (nSPS) is 18.5. The molecule has 0 aromatic rings. The largest absolute Gasteiger partial charge is 0.323 e. The minimum Gasteiger partial charge on any atom is -0.323 e. The van der Waals surface area contributed by atoms with Crippen molar-refractivity contribution in [1.82, 2.24) is 0 Å². The van der Waals surface area contributed by atoms with Gasteiger partial charge in [-0.15, -0.1) is 0 Å². The zero-order valence-electron chi connectivity index (χ0n) is 7.40. The molecule has 1 unspecified atom stereocenters. The quantitative estimate of drug-likeness (QED) is 0.603. The molecule has 0 N–H and O–H groups in total. The van der Waals surface area contributed by atoms with Crippen molar-refractivity contribution in [3.05, 3.63) is 0 Å². The topological polar surface area (TPSA) is 17.1 Å². The maximum atomic E-state index is 11.9. The number of halogens is 2. The van der Waals surface area contributed by atoms with Crippen molar-refractivity contribution >= 4 is 7.14 Å². The maximum Gasteiger partial charge on any atom is 0.245 e. The maximum absolute atomic E-state index is 11.9. The van der Waals surface area contributed by atoms with E-state index in [-0.39, 0.29) is 0 Å². The van der Waals surface area contributed by atoms with Gasteiger partial charge in [-0.05, 0) is 6.66 Å². The average molecular weight is 184 g/mol. The summed E-state index contributed by atoms with van der Waals surface area (Å²) in [5.41, 5.74) is 0. The molecule has 0 aliphatic carbocycles. The summed E-state index contributed by atoms with van der Waals surface area (Å²) < 4.78 is 35.3. The van der Waals surface area contributed by atoms with Crippen molar-refractivity contribution in [3.63, 3.8) is 0 Å². The fourth-order valence-corrected chi connectivity index (χ4v) is 1.61. The standard InChI is InChI=1S/C7H15F2OP/c1-7(2,3)11(4,10)5-6(8)9/h6H,5H2,1-4H3. The zero-order valence-corrected chi connectivity index (χ0v) is 8.29. The van der Waals surface area contributed by atoms with E-state index < -0.39 is 24.9 Å². The zero-order chi connectivity index (χ0) is 9.28. The first kappa shape index (κ1) is 11.1. The molecule has 0 saturated carbocycles. The molecule has 0 saturated heterocycles. The van der Waals surface area contributed by atoms with Crippen LogP contribution >= 0.6 is 7.14 Å². The molecule has 0 aliphatic heterocycles. The molecule has 0 aromatic carbocycles. The van der Waals surface area contributed by atoms with Crippen molar-refractivity contribution < 1.29 is 13.3 Å². The third kappa shape index (κ3) is 3.33. The van der Waals surface area contributed by atoms with Crippen LogP contribution in [0.2, 0.25) is 0 Å². The van der Waals surface area contributed by atoms with Gasteiger partial charge in [0.15, 0.2) is 0 Å². The SMILES string of the molecule is CC(C)(C)P(C)(=O)CC(F)F. The van der Waals surface area contributed by atoms with Gasteiger partial charge in [-0.1, -0.05) is 20.8 Å². The Morgan fingerprint density at radius 1 is 1.36 bits per heavy atom. The van der Waals surface area contributed by atoms with Gasteiger partial charge in [0.05, 0.1) is 13.3 Å². The van der Waals surface area contributed by atoms with Crippen LogP contribution in [0.5, 0.6) is 0 Å². The van der Waals surface area contributed by atoms with Crippen LogP contribution in [0.1, 0.15) is 20.8 Å². The lowest BCUT2D eigenvalue weighted by molar-refractivity contribution is 0.173. The molecule has 0 radical (unpaired) electrons. The highest BCUT2D eigenvalue weighted by Gasteiger charge is 2.33. The second-order valence-corrected chi connectivity index (χ2v) is 7.75. The van der Waals surface area contributed by atoms with Gasteiger partial charge in [0.2, 0.25) is 6.43 Å². The van der Waals surface area contributed by atoms with Gasteiger partial charge in [0, 0.05) is 5.16 Å². The third-order valence-electron chi connectivity index (χ3n) is 1.91. The molecule has 0 heterocycles. The van der Waals surface area contributed by atoms with Gasteiger partial charge in [0.1, 0.15) is 0 Å². The molecule has 0 rings (SSSR count). The molecule has 11 heavy (non-hydrogen) atoms. The van der Waals surface area contributed by atoms with Crippen LogP contribution in [0.15, 0.2) is 0 Å². The molecule has 0 amide bonds. The van der Waals surface area contributed by atoms with Crippen molar-refractivity contribution in [2.75, 3.05) is 12.8 Å². The molecular weight excluding hydrogens is 169 g/mol. The van der Waals surface area contributed by atoms with Gasteiger partial charge < -0.3 is 4.57 Å². The van der Waals surface area contributed by atoms with E-state index in [1.165, 1.54) is 6.66 Å². The highest BCUT2D eigenvalue weighted by Crippen LogP contribution is 2.54. The molecule has 1 nitrogen and oxygen atoms in total. The third-order valence-corrected chi connectivity index (χ3v) is 5.72. The van der Waals surface area contributed by atoms with E-state index in [2.05, 4.69) is 0 Å². The van der Waals surface area contributed by atoms with E-state index >= 15 is 0 Å². The van der Waals surface area contributed by atoms with Crippen LogP contribution < -0.4 is 0 Å². The number of rotatable bonds is 2. The highest BCUT2D eigenvalue weighted by molar-refractivity contribution is 7.64. The molecule has 1 atom stereocenters. The summed E-state index contributed by atoms with van der Waals surface area (Å²) in [4.78, 5) is 0. The second-order valence-electron chi connectivity index (χ2n) is 3.85. The lowest BCUT2D eigenvalue weighted by Crippen LogP contribution is -2.19. The Morgan fingerprint density at radius 3 is 1.82 bits per heavy atom. The van der Waals surface area contributed by atoms with E-state index in [0.717, 1.165) is 0 Å². The summed E-state index contributed by atoms with van der Waals surface area (Å²) in [5.74, 6) is 0. The van der Waals surface area contributed by atoms with E-state index in [9.17, 15) is 13.3 Å². The Bertz CT molecular complexity index is 172. The predicted octanol–water partition coefficient (Wildman–Crippen LogP) is 3.04. The second kappa shape index (κ2) is 3.22. The Morgan fingerprint density at radius 2 is 1.73 bits per heavy atom. The van der Waals surface area contributed by atoms with E-state index in [0.29, 0.717) is 0 Å². The van der Waals surface area contributed by atoms with Crippen LogP contribution in [0.3, 0.4) is 0 Å². The fraction of sp³-hybridized carbons (Fsp3) is 1.00. The summed E-state index contributed by atoms with van der Waals surface area (Å²) in [6.07, 6.45) is -2.92. The molecule has 0 fully saturated rings. The average Bonchev–Trinajstić information content (AvgIpc) is 1.56. The Labute approximate surface area is 66.5 Å². The Hall–Kier alpha value is 0.0900. The lowest BCUT2D eigenvalue weighted by Gasteiger charge is -2.27. The Balaban J connectivity index is 4.36. The minimum atomic E-state index is -2.68. The monoisotopic (exact) mass is 184 g/mol. The van der Waals surface area contributed by atoms with Crippen LogP contribution in [-0.2, 0) is 4.57 Å². The van der Waals surface area contributed by atoms with E-state index in [1.54, 1.807) is 20.8 Å². The molecule has 0 aromatic heterocycles. The van der Waals surface area contributed by atoms with Gasteiger partial charge in [0.25, 0.3) is 0 Å². The molecular formula is C7H15F2OP. The molecule has 68 valence electrons. The molecule has 0 spiro atoms. The summed E-state index contributed by atoms with van der Waals surface area (Å²) >= 11 is 0. The van der Waals surface area contributed by atoms with Crippen LogP contribution in [-0.4, -0.2) is 24.4 Å². The number of hydrogen-bond donors (Lipinski definition) is 0. The first-order valence-corrected chi connectivity index (χ1v) is 5.85. The number of alkyl halides is 2. The van der Waals surface area contributed by atoms with Gasteiger partial charge in [-0.25, -0.2) is 8.78 Å². The van der Waals surface area contributed by atoms with Gasteiger partial charge in [-0.3, -0.25) is 0 Å². The van der Waals surface area contributed by atoms with Crippen LogP contribution in [0.4, 0.5) is 8.78 Å². The first-order chi connectivity index (χ1) is 4.67. The van der Waals surface area contributed by atoms with Crippen molar-refractivity contribution in [1.29, 1.82) is 0 Å². The van der Waals surface area contributed by atoms with E-state index in [1.807, 2.05) is 0 Å². The summed E-state index contributed by atoms with van der Waals surface area (Å²) in [7, 11) is -2.68. The fourth-order valence-electron chi connectivity index (χ4n) is 0.537. The summed E-state index contributed by atoms with van der Waals surface area (Å²) in [6, 6.07) is 0. The predicted molar refractivity (Wildman–Crippen MR) is 44.2 cm³/mol. The summed E-state index contributed by atoms with van der Waals surface area (Å²) in [5, 5.41) is -0.497.